The molecular weight excluding hydrogens is 302 g/mol. The van der Waals surface area contributed by atoms with Gasteiger partial charge in [-0.3, -0.25) is 4.79 Å². The topological polar surface area (TPSA) is 63.1 Å². The number of hydrogen-bond donors (Lipinski definition) is 1. The van der Waals surface area contributed by atoms with E-state index in [1.165, 1.54) is 17.3 Å². The predicted octanol–water partition coefficient (Wildman–Crippen LogP) is 1.91. The van der Waals surface area contributed by atoms with Crippen LogP contribution in [0.3, 0.4) is 0 Å². The molecule has 22 heavy (non-hydrogen) atoms. The molecule has 0 aliphatic heterocycles. The van der Waals surface area contributed by atoms with E-state index in [0.717, 1.165) is 5.56 Å². The molecule has 1 N–H and O–H groups in total. The summed E-state index contributed by atoms with van der Waals surface area (Å²) >= 11 is 6.26. The quantitative estimate of drug-likeness (QED) is 0.883. The minimum atomic E-state index is -0.406. The third kappa shape index (κ3) is 3.84. The number of rotatable bonds is 6. The highest BCUT2D eigenvalue weighted by atomic mass is 35.5. The molecule has 2 atom stereocenters. The summed E-state index contributed by atoms with van der Waals surface area (Å²) in [6, 6.07) is 7.26. The number of aromatic nitrogens is 3. The fourth-order valence-corrected chi connectivity index (χ4v) is 2.46. The molecule has 0 saturated heterocycles. The van der Waals surface area contributed by atoms with E-state index in [1.54, 1.807) is 6.92 Å². The third-order valence-electron chi connectivity index (χ3n) is 3.57. The van der Waals surface area contributed by atoms with Crippen molar-refractivity contribution in [2.45, 2.75) is 19.0 Å². The van der Waals surface area contributed by atoms with E-state index in [1.807, 2.05) is 43.3 Å². The molecule has 7 heteroatoms. The normalized spacial score (nSPS) is 13.9. The average Bonchev–Trinajstić information content (AvgIpc) is 3.02. The summed E-state index contributed by atoms with van der Waals surface area (Å²) in [6.45, 7) is 2.25. The van der Waals surface area contributed by atoms with Gasteiger partial charge in [0.05, 0.1) is 6.04 Å². The standard InChI is InChI=1S/C15H20ClN5O/c1-11(21-10-17-9-19-21)15(22)18-8-14(20(2)3)12-6-4-5-7-13(12)16/h4-7,9-11,14H,8H2,1-3H3,(H,18,22). The fourth-order valence-electron chi connectivity index (χ4n) is 2.20. The van der Waals surface area contributed by atoms with Gasteiger partial charge in [-0.25, -0.2) is 9.67 Å². The highest BCUT2D eigenvalue weighted by Crippen LogP contribution is 2.25. The number of carbonyl (C=O) groups is 1. The van der Waals surface area contributed by atoms with Crippen molar-refractivity contribution in [1.29, 1.82) is 0 Å². The maximum absolute atomic E-state index is 12.2. The molecule has 0 bridgehead atoms. The number of likely N-dealkylation sites (N-methyl/N-ethyl adjacent to an activating group) is 1. The van der Waals surface area contributed by atoms with E-state index in [0.29, 0.717) is 11.6 Å². The summed E-state index contributed by atoms with van der Waals surface area (Å²) < 4.78 is 1.52. The van der Waals surface area contributed by atoms with Crippen molar-refractivity contribution in [3.63, 3.8) is 0 Å². The van der Waals surface area contributed by atoms with Crippen LogP contribution in [-0.4, -0.2) is 46.2 Å². The maximum Gasteiger partial charge on any atom is 0.244 e. The van der Waals surface area contributed by atoms with Crippen molar-refractivity contribution in [3.05, 3.63) is 47.5 Å². The summed E-state index contributed by atoms with van der Waals surface area (Å²) in [5.41, 5.74) is 0.989. The molecule has 6 nitrogen and oxygen atoms in total. The van der Waals surface area contributed by atoms with Crippen molar-refractivity contribution < 1.29 is 4.79 Å². The van der Waals surface area contributed by atoms with Crippen LogP contribution in [0.4, 0.5) is 0 Å². The van der Waals surface area contributed by atoms with Crippen LogP contribution in [0.5, 0.6) is 0 Å². The van der Waals surface area contributed by atoms with Gasteiger partial charge in [-0.15, -0.1) is 0 Å². The van der Waals surface area contributed by atoms with Gasteiger partial charge >= 0.3 is 0 Å². The Balaban J connectivity index is 2.04. The highest BCUT2D eigenvalue weighted by molar-refractivity contribution is 6.31. The van der Waals surface area contributed by atoms with E-state index < -0.39 is 6.04 Å². The van der Waals surface area contributed by atoms with Gasteiger partial charge < -0.3 is 10.2 Å². The molecular formula is C15H20ClN5O. The molecule has 1 heterocycles. The number of amides is 1. The summed E-state index contributed by atoms with van der Waals surface area (Å²) in [4.78, 5) is 18.1. The van der Waals surface area contributed by atoms with Crippen LogP contribution in [0.25, 0.3) is 0 Å². The van der Waals surface area contributed by atoms with Crippen LogP contribution in [0, 0.1) is 0 Å². The Morgan fingerprint density at radius 2 is 2.14 bits per heavy atom. The van der Waals surface area contributed by atoms with Gasteiger partial charge in [0.2, 0.25) is 5.91 Å². The van der Waals surface area contributed by atoms with Crippen molar-refractivity contribution in [3.8, 4) is 0 Å². The lowest BCUT2D eigenvalue weighted by Gasteiger charge is -2.26. The Bertz CT molecular complexity index is 614. The number of carbonyl (C=O) groups excluding carboxylic acids is 1. The highest BCUT2D eigenvalue weighted by Gasteiger charge is 2.20. The molecule has 0 saturated carbocycles. The van der Waals surface area contributed by atoms with Gasteiger partial charge in [-0.2, -0.15) is 5.10 Å². The zero-order chi connectivity index (χ0) is 16.1. The SMILES string of the molecule is CC(C(=O)NCC(c1ccccc1Cl)N(C)C)n1cncn1. The molecule has 0 aliphatic rings. The molecule has 0 radical (unpaired) electrons. The second kappa shape index (κ2) is 7.38. The van der Waals surface area contributed by atoms with E-state index in [2.05, 4.69) is 15.4 Å². The summed E-state index contributed by atoms with van der Waals surface area (Å²) in [5.74, 6) is -0.107. The van der Waals surface area contributed by atoms with E-state index in [4.69, 9.17) is 11.6 Å². The summed E-state index contributed by atoms with van der Waals surface area (Å²) in [7, 11) is 3.92. The minimum absolute atomic E-state index is 0.000552. The van der Waals surface area contributed by atoms with Gasteiger partial charge in [0, 0.05) is 11.6 Å². The zero-order valence-corrected chi connectivity index (χ0v) is 13.7. The van der Waals surface area contributed by atoms with Crippen molar-refractivity contribution >= 4 is 17.5 Å². The summed E-state index contributed by atoms with van der Waals surface area (Å²) in [5, 5.41) is 7.63. The van der Waals surface area contributed by atoms with Crippen LogP contribution >= 0.6 is 11.6 Å². The van der Waals surface area contributed by atoms with Crippen LogP contribution < -0.4 is 5.32 Å². The van der Waals surface area contributed by atoms with Gasteiger partial charge in [0.25, 0.3) is 0 Å². The minimum Gasteiger partial charge on any atom is -0.352 e. The maximum atomic E-state index is 12.2. The van der Waals surface area contributed by atoms with E-state index in [-0.39, 0.29) is 11.9 Å². The first-order valence-electron chi connectivity index (χ1n) is 7.03. The molecule has 0 aliphatic carbocycles. The zero-order valence-electron chi connectivity index (χ0n) is 12.9. The largest absolute Gasteiger partial charge is 0.352 e. The van der Waals surface area contributed by atoms with Gasteiger partial charge in [-0.05, 0) is 32.6 Å². The summed E-state index contributed by atoms with van der Waals surface area (Å²) in [6.07, 6.45) is 2.94. The van der Waals surface area contributed by atoms with Gasteiger partial charge in [0.1, 0.15) is 18.7 Å². The molecule has 0 fully saturated rings. The molecule has 118 valence electrons. The second-order valence-corrected chi connectivity index (χ2v) is 5.70. The van der Waals surface area contributed by atoms with Gasteiger partial charge in [-0.1, -0.05) is 29.8 Å². The molecule has 1 aromatic heterocycles. The Labute approximate surface area is 135 Å². The monoisotopic (exact) mass is 321 g/mol. The van der Waals surface area contributed by atoms with Crippen molar-refractivity contribution in [2.75, 3.05) is 20.6 Å². The predicted molar refractivity (Wildman–Crippen MR) is 85.6 cm³/mol. The number of nitrogens with one attached hydrogen (secondary N) is 1. The van der Waals surface area contributed by atoms with Crippen LogP contribution in [0.2, 0.25) is 5.02 Å². The van der Waals surface area contributed by atoms with Crippen LogP contribution in [-0.2, 0) is 4.79 Å². The number of nitrogens with zero attached hydrogens (tertiary/aromatic N) is 4. The first-order valence-corrected chi connectivity index (χ1v) is 7.41. The lowest BCUT2D eigenvalue weighted by Crippen LogP contribution is -2.38. The Morgan fingerprint density at radius 3 is 2.73 bits per heavy atom. The third-order valence-corrected chi connectivity index (χ3v) is 3.91. The first-order chi connectivity index (χ1) is 10.5. The Kier molecular flexibility index (Phi) is 5.51. The fraction of sp³-hybridized carbons (Fsp3) is 0.400. The number of halogens is 1. The lowest BCUT2D eigenvalue weighted by atomic mass is 10.1. The molecule has 2 unspecified atom stereocenters. The lowest BCUT2D eigenvalue weighted by molar-refractivity contribution is -0.124. The number of benzene rings is 1. The molecule has 2 aromatic rings. The van der Waals surface area contributed by atoms with Crippen LogP contribution in [0.1, 0.15) is 24.6 Å². The smallest absolute Gasteiger partial charge is 0.244 e. The number of hydrogen-bond acceptors (Lipinski definition) is 4. The van der Waals surface area contributed by atoms with Crippen molar-refractivity contribution in [1.82, 2.24) is 25.0 Å². The molecule has 0 spiro atoms. The molecule has 1 amide bonds. The van der Waals surface area contributed by atoms with Crippen molar-refractivity contribution in [2.24, 2.45) is 0 Å². The first kappa shape index (κ1) is 16.5. The van der Waals surface area contributed by atoms with Gasteiger partial charge in [0.15, 0.2) is 0 Å². The average molecular weight is 322 g/mol. The van der Waals surface area contributed by atoms with E-state index >= 15 is 0 Å². The second-order valence-electron chi connectivity index (χ2n) is 5.30. The Hall–Kier alpha value is -1.92. The van der Waals surface area contributed by atoms with E-state index in [9.17, 15) is 4.79 Å². The molecule has 1 aromatic carbocycles. The molecule has 2 rings (SSSR count). The Morgan fingerprint density at radius 1 is 1.41 bits per heavy atom. The van der Waals surface area contributed by atoms with Crippen LogP contribution in [0.15, 0.2) is 36.9 Å².